The highest BCUT2D eigenvalue weighted by atomic mass is 32.2. The van der Waals surface area contributed by atoms with E-state index in [9.17, 15) is 32.3 Å². The van der Waals surface area contributed by atoms with Gasteiger partial charge in [-0.25, -0.2) is 4.90 Å². The number of hydrogen-bond donors (Lipinski definition) is 0. The molecule has 3 atom stereocenters. The summed E-state index contributed by atoms with van der Waals surface area (Å²) in [7, 11) is 0. The third-order valence-corrected chi connectivity index (χ3v) is 11.2. The molecule has 0 spiro atoms. The van der Waals surface area contributed by atoms with Crippen LogP contribution in [0.15, 0.2) is 58.4 Å². The van der Waals surface area contributed by atoms with Crippen LogP contribution in [0.5, 0.6) is 0 Å². The van der Waals surface area contributed by atoms with Gasteiger partial charge in [-0.3, -0.25) is 23.7 Å². The summed E-state index contributed by atoms with van der Waals surface area (Å²) >= 11 is 1.93. The van der Waals surface area contributed by atoms with Gasteiger partial charge in [-0.1, -0.05) is 80.3 Å². The van der Waals surface area contributed by atoms with Crippen molar-refractivity contribution in [2.24, 2.45) is 5.92 Å². The number of amides is 3. The highest BCUT2D eigenvalue weighted by molar-refractivity contribution is 8.00. The van der Waals surface area contributed by atoms with Gasteiger partial charge >= 0.3 is 11.0 Å². The van der Waals surface area contributed by atoms with Crippen molar-refractivity contribution in [1.29, 1.82) is 0 Å². The number of halogens is 3. The molecule has 7 nitrogen and oxygen atoms in total. The molecule has 0 aliphatic carbocycles. The van der Waals surface area contributed by atoms with E-state index in [1.165, 1.54) is 16.7 Å². The fourth-order valence-electron chi connectivity index (χ4n) is 6.33. The highest BCUT2D eigenvalue weighted by Crippen LogP contribution is 2.54. The normalized spacial score (nSPS) is 22.3. The number of para-hydroxylation sites is 1. The van der Waals surface area contributed by atoms with Crippen molar-refractivity contribution >= 4 is 46.5 Å². The number of hydrogen-bond acceptors (Lipinski definition) is 6. The topological polar surface area (TPSA) is 79.7 Å². The summed E-state index contributed by atoms with van der Waals surface area (Å²) in [5.41, 5.74) is -0.0226. The predicted octanol–water partition coefficient (Wildman–Crippen LogP) is 6.03. The fourth-order valence-corrected chi connectivity index (χ4v) is 9.10. The maximum absolute atomic E-state index is 14.1. The molecule has 2 aromatic carbocycles. The Labute approximate surface area is 261 Å². The number of piperidine rings is 1. The maximum Gasteiger partial charge on any atom is 0.418 e. The number of nitrogens with zero attached hydrogens (tertiary/aromatic N) is 3. The lowest BCUT2D eigenvalue weighted by molar-refractivity contribution is -0.137. The molecule has 3 aliphatic heterocycles. The summed E-state index contributed by atoms with van der Waals surface area (Å²) in [6.45, 7) is 7.21. The second-order valence-corrected chi connectivity index (χ2v) is 14.6. The third-order valence-electron chi connectivity index (χ3n) is 8.64. The number of fused-ring (bicyclic) bond motifs is 2. The first-order chi connectivity index (χ1) is 20.8. The van der Waals surface area contributed by atoms with E-state index in [4.69, 9.17) is 0 Å². The second-order valence-electron chi connectivity index (χ2n) is 12.5. The highest BCUT2D eigenvalue weighted by Gasteiger charge is 2.57. The zero-order valence-electron chi connectivity index (χ0n) is 24.5. The van der Waals surface area contributed by atoms with Gasteiger partial charge in [0.2, 0.25) is 17.7 Å². The molecule has 4 heterocycles. The van der Waals surface area contributed by atoms with E-state index in [-0.39, 0.29) is 22.7 Å². The number of thiazole rings is 1. The van der Waals surface area contributed by atoms with Crippen LogP contribution < -0.4 is 9.77 Å². The maximum atomic E-state index is 14.1. The first-order valence-corrected chi connectivity index (χ1v) is 16.3. The number of thioether (sulfide) groups is 1. The van der Waals surface area contributed by atoms with E-state index in [0.717, 1.165) is 60.1 Å². The van der Waals surface area contributed by atoms with Crippen LogP contribution in [0.2, 0.25) is 0 Å². The lowest BCUT2D eigenvalue weighted by Gasteiger charge is -2.31. The van der Waals surface area contributed by atoms with E-state index in [2.05, 4.69) is 20.8 Å². The van der Waals surface area contributed by atoms with Gasteiger partial charge < -0.3 is 4.90 Å². The molecule has 1 aromatic heterocycles. The minimum absolute atomic E-state index is 0.158. The summed E-state index contributed by atoms with van der Waals surface area (Å²) in [6.07, 6.45) is -1.97. The molecule has 0 saturated carbocycles. The predicted molar refractivity (Wildman–Crippen MR) is 163 cm³/mol. The van der Waals surface area contributed by atoms with E-state index in [1.54, 1.807) is 4.90 Å². The molecule has 0 bridgehead atoms. The molecule has 3 aliphatic rings. The van der Waals surface area contributed by atoms with E-state index >= 15 is 0 Å². The van der Waals surface area contributed by atoms with Crippen LogP contribution in [0, 0.1) is 5.92 Å². The molecule has 2 saturated heterocycles. The van der Waals surface area contributed by atoms with E-state index < -0.39 is 46.3 Å². The second kappa shape index (κ2) is 11.2. The molecule has 2 fully saturated rings. The van der Waals surface area contributed by atoms with Crippen molar-refractivity contribution < 1.29 is 27.6 Å². The molecule has 3 aromatic rings. The number of aromatic nitrogens is 1. The Hall–Kier alpha value is -3.38. The molecule has 12 heteroatoms. The van der Waals surface area contributed by atoms with Gasteiger partial charge in [-0.2, -0.15) is 13.2 Å². The number of imide groups is 1. The summed E-state index contributed by atoms with van der Waals surface area (Å²) in [4.78, 5) is 57.3. The van der Waals surface area contributed by atoms with Crippen LogP contribution in [0.3, 0.4) is 0 Å². The van der Waals surface area contributed by atoms with Crippen LogP contribution in [-0.4, -0.2) is 45.5 Å². The van der Waals surface area contributed by atoms with Crippen LogP contribution in [-0.2, 0) is 32.5 Å². The largest absolute Gasteiger partial charge is 0.418 e. The average molecular weight is 644 g/mol. The first-order valence-electron chi connectivity index (χ1n) is 14.6. The van der Waals surface area contributed by atoms with Gasteiger partial charge in [0.1, 0.15) is 11.8 Å². The molecule has 44 heavy (non-hydrogen) atoms. The Morgan fingerprint density at radius 2 is 1.57 bits per heavy atom. The van der Waals surface area contributed by atoms with Crippen molar-refractivity contribution in [3.8, 4) is 0 Å². The lowest BCUT2D eigenvalue weighted by atomic mass is 9.81. The van der Waals surface area contributed by atoms with Crippen molar-refractivity contribution in [2.75, 3.05) is 18.0 Å². The summed E-state index contributed by atoms with van der Waals surface area (Å²) in [5, 5.41) is -0.655. The quantitative estimate of drug-likeness (QED) is 0.325. The van der Waals surface area contributed by atoms with Gasteiger partial charge in [0, 0.05) is 23.9 Å². The SMILES string of the molecule is CC(C)(C)c1ccc([C@H]2c3sc(=O)n(CC(=O)N4CCCCC4)c3SC3C(=O)N(c4ccccc4C(F)(F)F)C(=O)C32)cc1. The standard InChI is InChI=1S/C32H32F3N3O4S2/c1-31(2,3)19-13-11-18(12-14-19)23-24-25(28(41)38(27(24)40)21-10-6-5-9-20(21)32(33,34)35)43-29-26(23)44-30(42)37(29)17-22(39)36-15-7-4-8-16-36/h5-6,9-14,23-25H,4,7-8,15-17H2,1-3H3/t23-,24?,25?/m1/s1. The van der Waals surface area contributed by atoms with Crippen LogP contribution in [0.4, 0.5) is 18.9 Å². The lowest BCUT2D eigenvalue weighted by Crippen LogP contribution is -2.39. The number of rotatable bonds is 4. The fraction of sp³-hybridized carbons (Fsp3) is 0.438. The monoisotopic (exact) mass is 643 g/mol. The molecule has 0 radical (unpaired) electrons. The minimum Gasteiger partial charge on any atom is -0.341 e. The Kier molecular flexibility index (Phi) is 7.80. The van der Waals surface area contributed by atoms with Crippen molar-refractivity contribution in [2.45, 2.75) is 74.4 Å². The smallest absolute Gasteiger partial charge is 0.341 e. The van der Waals surface area contributed by atoms with Crippen LogP contribution in [0.25, 0.3) is 0 Å². The van der Waals surface area contributed by atoms with Crippen LogP contribution in [0.1, 0.15) is 67.5 Å². The minimum atomic E-state index is -4.78. The van der Waals surface area contributed by atoms with Gasteiger partial charge in [0.05, 0.1) is 22.2 Å². The number of carbonyl (C=O) groups excluding carboxylic acids is 3. The Balaban J connectivity index is 1.46. The van der Waals surface area contributed by atoms with Gasteiger partial charge in [0.25, 0.3) is 0 Å². The molecular weight excluding hydrogens is 611 g/mol. The van der Waals surface area contributed by atoms with Gasteiger partial charge in [-0.15, -0.1) is 0 Å². The van der Waals surface area contributed by atoms with Crippen molar-refractivity contribution in [3.63, 3.8) is 0 Å². The van der Waals surface area contributed by atoms with Crippen molar-refractivity contribution in [1.82, 2.24) is 9.47 Å². The zero-order valence-corrected chi connectivity index (χ0v) is 26.2. The number of benzene rings is 2. The summed E-state index contributed by atoms with van der Waals surface area (Å²) in [6, 6.07) is 12.2. The summed E-state index contributed by atoms with van der Waals surface area (Å²) in [5.74, 6) is -3.50. The molecule has 2 unspecified atom stereocenters. The van der Waals surface area contributed by atoms with E-state index in [0.29, 0.717) is 33.5 Å². The zero-order chi connectivity index (χ0) is 31.6. The first kappa shape index (κ1) is 30.6. The molecule has 232 valence electrons. The molecule has 0 N–H and O–H groups in total. The van der Waals surface area contributed by atoms with Crippen LogP contribution >= 0.6 is 23.1 Å². The number of likely N-dealkylation sites (tertiary alicyclic amines) is 1. The van der Waals surface area contributed by atoms with Crippen molar-refractivity contribution in [3.05, 3.63) is 79.8 Å². The number of carbonyl (C=O) groups is 3. The Morgan fingerprint density at radius 1 is 0.909 bits per heavy atom. The Morgan fingerprint density at radius 3 is 2.20 bits per heavy atom. The van der Waals surface area contributed by atoms with Gasteiger partial charge in [-0.05, 0) is 47.9 Å². The molecular formula is C32H32F3N3O4S2. The molecule has 6 rings (SSSR count). The number of alkyl halides is 3. The average Bonchev–Trinajstić information content (AvgIpc) is 3.42. The number of anilines is 1. The molecule has 3 amide bonds. The van der Waals surface area contributed by atoms with Gasteiger partial charge in [0.15, 0.2) is 0 Å². The summed E-state index contributed by atoms with van der Waals surface area (Å²) < 4.78 is 43.4. The van der Waals surface area contributed by atoms with E-state index in [1.807, 2.05) is 24.3 Å². The third kappa shape index (κ3) is 5.29. The Bertz CT molecular complexity index is 1680.